The molecule has 0 aliphatic heterocycles. The number of rotatable bonds is 8. The van der Waals surface area contributed by atoms with Crippen LogP contribution in [0.2, 0.25) is 5.02 Å². The number of carbonyl (C=O) groups is 1. The average Bonchev–Trinajstić information content (AvgIpc) is 2.33. The van der Waals surface area contributed by atoms with Gasteiger partial charge in [-0.1, -0.05) is 24.4 Å². The van der Waals surface area contributed by atoms with E-state index in [1.54, 1.807) is 0 Å². The second kappa shape index (κ2) is 7.89. The van der Waals surface area contributed by atoms with Crippen molar-refractivity contribution in [2.75, 3.05) is 17.6 Å². The van der Waals surface area contributed by atoms with Crippen LogP contribution in [-0.2, 0) is 4.79 Å². The highest BCUT2D eigenvalue weighted by molar-refractivity contribution is 6.31. The predicted octanol–water partition coefficient (Wildman–Crippen LogP) is 3.68. The number of anilines is 2. The minimum absolute atomic E-state index is 0.258. The third-order valence-electron chi connectivity index (χ3n) is 2.96. The summed E-state index contributed by atoms with van der Waals surface area (Å²) in [5.41, 5.74) is 8.43. The maximum atomic E-state index is 10.3. The molecule has 0 aliphatic rings. The molecule has 0 spiro atoms. The summed E-state index contributed by atoms with van der Waals surface area (Å²) in [5, 5.41) is 12.5. The molecule has 1 rings (SSSR count). The van der Waals surface area contributed by atoms with Crippen LogP contribution < -0.4 is 11.1 Å². The van der Waals surface area contributed by atoms with Gasteiger partial charge in [0.25, 0.3) is 0 Å². The summed E-state index contributed by atoms with van der Waals surface area (Å²) in [6, 6.07) is 3.70. The molecule has 4 nitrogen and oxygen atoms in total. The van der Waals surface area contributed by atoms with Crippen molar-refractivity contribution in [2.24, 2.45) is 0 Å². The van der Waals surface area contributed by atoms with Gasteiger partial charge in [0, 0.05) is 18.0 Å². The SMILES string of the molecule is Cc1cc(N)c(NCCCCCCC(=O)O)cc1Cl. The van der Waals surface area contributed by atoms with Gasteiger partial charge in [-0.3, -0.25) is 4.79 Å². The van der Waals surface area contributed by atoms with E-state index in [1.165, 1.54) is 0 Å². The molecular weight excluding hydrogens is 264 g/mol. The van der Waals surface area contributed by atoms with Gasteiger partial charge in [-0.05, 0) is 37.5 Å². The Balaban J connectivity index is 2.23. The van der Waals surface area contributed by atoms with Crippen molar-refractivity contribution in [3.8, 4) is 0 Å². The third-order valence-corrected chi connectivity index (χ3v) is 3.37. The second-order valence-electron chi connectivity index (χ2n) is 4.67. The summed E-state index contributed by atoms with van der Waals surface area (Å²) in [6.45, 7) is 2.74. The van der Waals surface area contributed by atoms with Crippen molar-refractivity contribution >= 4 is 28.9 Å². The zero-order chi connectivity index (χ0) is 14.3. The molecule has 1 aromatic carbocycles. The molecule has 0 bridgehead atoms. The highest BCUT2D eigenvalue weighted by atomic mass is 35.5. The van der Waals surface area contributed by atoms with Gasteiger partial charge in [0.1, 0.15) is 0 Å². The zero-order valence-electron chi connectivity index (χ0n) is 11.2. The van der Waals surface area contributed by atoms with E-state index < -0.39 is 5.97 Å². The number of halogens is 1. The molecule has 5 heteroatoms. The van der Waals surface area contributed by atoms with E-state index in [0.717, 1.165) is 43.5 Å². The highest BCUT2D eigenvalue weighted by Gasteiger charge is 2.03. The first-order valence-corrected chi connectivity index (χ1v) is 6.90. The van der Waals surface area contributed by atoms with E-state index in [1.807, 2.05) is 19.1 Å². The lowest BCUT2D eigenvalue weighted by atomic mass is 10.1. The molecule has 0 amide bonds. The van der Waals surface area contributed by atoms with Crippen molar-refractivity contribution in [1.29, 1.82) is 0 Å². The summed E-state index contributed by atoms with van der Waals surface area (Å²) in [6.07, 6.45) is 3.95. The maximum Gasteiger partial charge on any atom is 0.303 e. The monoisotopic (exact) mass is 284 g/mol. The van der Waals surface area contributed by atoms with Gasteiger partial charge in [0.15, 0.2) is 0 Å². The Morgan fingerprint density at radius 2 is 2.00 bits per heavy atom. The Labute approximate surface area is 118 Å². The van der Waals surface area contributed by atoms with Crippen molar-refractivity contribution in [3.05, 3.63) is 22.7 Å². The molecule has 1 aromatic rings. The average molecular weight is 285 g/mol. The number of benzene rings is 1. The number of carboxylic acid groups (broad SMARTS) is 1. The van der Waals surface area contributed by atoms with Crippen LogP contribution in [-0.4, -0.2) is 17.6 Å². The number of unbranched alkanes of at least 4 members (excludes halogenated alkanes) is 3. The number of aliphatic carboxylic acids is 1. The van der Waals surface area contributed by atoms with Crippen LogP contribution in [0.4, 0.5) is 11.4 Å². The predicted molar refractivity (Wildman–Crippen MR) is 79.8 cm³/mol. The lowest BCUT2D eigenvalue weighted by Crippen LogP contribution is -2.04. The molecule has 0 atom stereocenters. The fourth-order valence-electron chi connectivity index (χ4n) is 1.83. The fourth-order valence-corrected chi connectivity index (χ4v) is 2.00. The summed E-state index contributed by atoms with van der Waals surface area (Å²) in [4.78, 5) is 10.3. The van der Waals surface area contributed by atoms with E-state index in [9.17, 15) is 4.79 Å². The number of carboxylic acids is 1. The maximum absolute atomic E-state index is 10.3. The second-order valence-corrected chi connectivity index (χ2v) is 5.08. The van der Waals surface area contributed by atoms with Crippen molar-refractivity contribution in [3.63, 3.8) is 0 Å². The third kappa shape index (κ3) is 5.83. The minimum atomic E-state index is -0.722. The molecule has 0 fully saturated rings. The lowest BCUT2D eigenvalue weighted by Gasteiger charge is -2.11. The number of hydrogen-bond acceptors (Lipinski definition) is 3. The van der Waals surface area contributed by atoms with E-state index >= 15 is 0 Å². The van der Waals surface area contributed by atoms with E-state index in [-0.39, 0.29) is 6.42 Å². The largest absolute Gasteiger partial charge is 0.481 e. The quantitative estimate of drug-likeness (QED) is 0.503. The first-order valence-electron chi connectivity index (χ1n) is 6.52. The Hall–Kier alpha value is -1.42. The Morgan fingerprint density at radius 1 is 1.32 bits per heavy atom. The number of nitrogens with one attached hydrogen (secondary N) is 1. The molecule has 0 aromatic heterocycles. The molecule has 0 unspecified atom stereocenters. The minimum Gasteiger partial charge on any atom is -0.481 e. The summed E-state index contributed by atoms with van der Waals surface area (Å²) in [7, 11) is 0. The van der Waals surface area contributed by atoms with Crippen LogP contribution in [0.3, 0.4) is 0 Å². The Kier molecular flexibility index (Phi) is 6.50. The topological polar surface area (TPSA) is 75.3 Å². The normalized spacial score (nSPS) is 10.4. The smallest absolute Gasteiger partial charge is 0.303 e. The van der Waals surface area contributed by atoms with Crippen molar-refractivity contribution in [2.45, 2.75) is 39.0 Å². The van der Waals surface area contributed by atoms with E-state index in [4.69, 9.17) is 22.4 Å². The van der Waals surface area contributed by atoms with Crippen LogP contribution in [0.1, 0.15) is 37.7 Å². The van der Waals surface area contributed by atoms with Crippen LogP contribution in [0.5, 0.6) is 0 Å². The first-order chi connectivity index (χ1) is 9.00. The summed E-state index contributed by atoms with van der Waals surface area (Å²) >= 11 is 6.05. The molecule has 4 N–H and O–H groups in total. The standard InChI is InChI=1S/C14H21ClN2O2/c1-10-8-12(16)13(9-11(10)15)17-7-5-3-2-4-6-14(18)19/h8-9,17H,2-7,16H2,1H3,(H,18,19). The summed E-state index contributed by atoms with van der Waals surface area (Å²) < 4.78 is 0. The number of nitrogen functional groups attached to an aromatic ring is 1. The van der Waals surface area contributed by atoms with Crippen LogP contribution >= 0.6 is 11.6 Å². The molecule has 0 aliphatic carbocycles. The molecular formula is C14H21ClN2O2. The zero-order valence-corrected chi connectivity index (χ0v) is 12.0. The molecule has 0 saturated heterocycles. The molecule has 0 saturated carbocycles. The van der Waals surface area contributed by atoms with Gasteiger partial charge in [-0.15, -0.1) is 0 Å². The molecule has 19 heavy (non-hydrogen) atoms. The van der Waals surface area contributed by atoms with Crippen LogP contribution in [0.25, 0.3) is 0 Å². The number of nitrogens with two attached hydrogens (primary N) is 1. The van der Waals surface area contributed by atoms with Gasteiger partial charge in [0.05, 0.1) is 11.4 Å². The first kappa shape index (κ1) is 15.6. The van der Waals surface area contributed by atoms with E-state index in [2.05, 4.69) is 5.32 Å². The number of hydrogen-bond donors (Lipinski definition) is 3. The molecule has 106 valence electrons. The highest BCUT2D eigenvalue weighted by Crippen LogP contribution is 2.26. The number of aryl methyl sites for hydroxylation is 1. The molecule has 0 heterocycles. The Bertz CT molecular complexity index is 436. The lowest BCUT2D eigenvalue weighted by molar-refractivity contribution is -0.137. The summed E-state index contributed by atoms with van der Waals surface area (Å²) in [5.74, 6) is -0.722. The van der Waals surface area contributed by atoms with E-state index in [0.29, 0.717) is 10.7 Å². The van der Waals surface area contributed by atoms with Gasteiger partial charge in [-0.2, -0.15) is 0 Å². The van der Waals surface area contributed by atoms with Gasteiger partial charge >= 0.3 is 5.97 Å². The Morgan fingerprint density at radius 3 is 2.68 bits per heavy atom. The molecule has 0 radical (unpaired) electrons. The van der Waals surface area contributed by atoms with Crippen LogP contribution in [0, 0.1) is 6.92 Å². The fraction of sp³-hybridized carbons (Fsp3) is 0.500. The van der Waals surface area contributed by atoms with Gasteiger partial charge < -0.3 is 16.2 Å². The van der Waals surface area contributed by atoms with Crippen molar-refractivity contribution in [1.82, 2.24) is 0 Å². The van der Waals surface area contributed by atoms with Gasteiger partial charge in [0.2, 0.25) is 0 Å². The van der Waals surface area contributed by atoms with Gasteiger partial charge in [-0.25, -0.2) is 0 Å². The van der Waals surface area contributed by atoms with Crippen LogP contribution in [0.15, 0.2) is 12.1 Å². The van der Waals surface area contributed by atoms with Crippen molar-refractivity contribution < 1.29 is 9.90 Å².